The van der Waals surface area contributed by atoms with Crippen molar-refractivity contribution in [3.63, 3.8) is 0 Å². The van der Waals surface area contributed by atoms with E-state index in [9.17, 15) is 9.90 Å². The van der Waals surface area contributed by atoms with Crippen LogP contribution in [-0.2, 0) is 4.79 Å². The molecule has 2 aliphatic carbocycles. The topological polar surface area (TPSA) is 61.7 Å². The number of amides is 1. The molecule has 4 nitrogen and oxygen atoms in total. The van der Waals surface area contributed by atoms with Crippen LogP contribution in [0.25, 0.3) is 0 Å². The van der Waals surface area contributed by atoms with Crippen molar-refractivity contribution in [2.45, 2.75) is 32.6 Å². The van der Waals surface area contributed by atoms with Crippen LogP contribution in [-0.4, -0.2) is 17.2 Å². The van der Waals surface area contributed by atoms with E-state index in [-0.39, 0.29) is 23.0 Å². The number of hydrazone groups is 1. The van der Waals surface area contributed by atoms with Gasteiger partial charge in [-0.05, 0) is 63.9 Å². The number of nitrogens with one attached hydrogen (secondary N) is 1. The van der Waals surface area contributed by atoms with Gasteiger partial charge in [0.15, 0.2) is 0 Å². The van der Waals surface area contributed by atoms with Crippen molar-refractivity contribution in [1.29, 1.82) is 0 Å². The third kappa shape index (κ3) is 2.71. The number of hydrogen-bond donors (Lipinski definition) is 2. The van der Waals surface area contributed by atoms with Crippen molar-refractivity contribution < 1.29 is 9.90 Å². The normalized spacial score (nSPS) is 31.0. The number of carbonyl (C=O) groups is 1. The molecule has 3 rings (SSSR count). The Bertz CT molecular complexity index is 602. The maximum atomic E-state index is 12.2. The van der Waals surface area contributed by atoms with Gasteiger partial charge in [0.05, 0.1) is 10.7 Å². The van der Waals surface area contributed by atoms with E-state index >= 15 is 0 Å². The van der Waals surface area contributed by atoms with E-state index in [0.717, 1.165) is 12.0 Å². The van der Waals surface area contributed by atoms with Gasteiger partial charge in [-0.15, -0.1) is 0 Å². The molecular weight excluding hydrogens is 332 g/mol. The minimum absolute atomic E-state index is 0.0403. The summed E-state index contributed by atoms with van der Waals surface area (Å²) >= 11 is 3.25. The van der Waals surface area contributed by atoms with Crippen LogP contribution >= 0.6 is 15.9 Å². The lowest BCUT2D eigenvalue weighted by Gasteiger charge is -2.15. The number of carbonyl (C=O) groups excluding carboxylic acids is 1. The number of nitrogens with zero attached hydrogens (tertiary/aromatic N) is 1. The zero-order valence-electron chi connectivity index (χ0n) is 12.0. The molecular formula is C16H19BrN2O2. The molecule has 2 aliphatic rings. The monoisotopic (exact) mass is 350 g/mol. The summed E-state index contributed by atoms with van der Waals surface area (Å²) in [6, 6.07) is 5.08. The van der Waals surface area contributed by atoms with Gasteiger partial charge in [-0.3, -0.25) is 4.79 Å². The minimum Gasteiger partial charge on any atom is -0.507 e. The van der Waals surface area contributed by atoms with Crippen LogP contribution in [0.5, 0.6) is 5.75 Å². The summed E-state index contributed by atoms with van der Waals surface area (Å²) in [5.74, 6) is 0.901. The minimum atomic E-state index is 0.0403. The van der Waals surface area contributed by atoms with Crippen LogP contribution in [0.1, 0.15) is 38.2 Å². The Morgan fingerprint density at radius 2 is 2.33 bits per heavy atom. The van der Waals surface area contributed by atoms with Crippen LogP contribution in [0, 0.1) is 17.3 Å². The van der Waals surface area contributed by atoms with Gasteiger partial charge >= 0.3 is 0 Å². The fourth-order valence-corrected chi connectivity index (χ4v) is 4.09. The van der Waals surface area contributed by atoms with Crippen LogP contribution in [0.15, 0.2) is 27.8 Å². The van der Waals surface area contributed by atoms with E-state index in [1.807, 2.05) is 0 Å². The molecule has 0 saturated heterocycles. The van der Waals surface area contributed by atoms with Crippen LogP contribution in [0.2, 0.25) is 0 Å². The van der Waals surface area contributed by atoms with E-state index in [0.29, 0.717) is 10.4 Å². The van der Waals surface area contributed by atoms with E-state index in [1.165, 1.54) is 19.3 Å². The SMILES string of the molecule is C[C@]12CCCC[C@@H]1[C@H]2C(=O)N/N=C\c1ccc(O)c(Br)c1. The summed E-state index contributed by atoms with van der Waals surface area (Å²) in [7, 11) is 0. The smallest absolute Gasteiger partial charge is 0.244 e. The van der Waals surface area contributed by atoms with E-state index in [1.54, 1.807) is 24.4 Å². The molecule has 2 saturated carbocycles. The first-order valence-electron chi connectivity index (χ1n) is 7.34. The number of hydrogen-bond acceptors (Lipinski definition) is 3. The molecule has 0 spiro atoms. The van der Waals surface area contributed by atoms with Gasteiger partial charge < -0.3 is 5.11 Å². The average molecular weight is 351 g/mol. The van der Waals surface area contributed by atoms with E-state index in [2.05, 4.69) is 33.4 Å². The predicted octanol–water partition coefficient (Wildman–Crippen LogP) is 3.43. The Hall–Kier alpha value is -1.36. The zero-order chi connectivity index (χ0) is 15.0. The van der Waals surface area contributed by atoms with Gasteiger partial charge in [0.1, 0.15) is 5.75 Å². The summed E-state index contributed by atoms with van der Waals surface area (Å²) in [6.45, 7) is 2.22. The van der Waals surface area contributed by atoms with Crippen molar-refractivity contribution in [3.05, 3.63) is 28.2 Å². The summed E-state index contributed by atoms with van der Waals surface area (Å²) in [6.07, 6.45) is 6.40. The number of phenols is 1. The van der Waals surface area contributed by atoms with Gasteiger partial charge in [0.25, 0.3) is 0 Å². The molecule has 0 radical (unpaired) electrons. The summed E-state index contributed by atoms with van der Waals surface area (Å²) < 4.78 is 0.610. The Morgan fingerprint density at radius 3 is 3.00 bits per heavy atom. The average Bonchev–Trinajstić information content (AvgIpc) is 3.08. The summed E-state index contributed by atoms with van der Waals surface area (Å²) in [5.41, 5.74) is 3.69. The summed E-state index contributed by atoms with van der Waals surface area (Å²) in [4.78, 5) is 12.2. The third-order valence-corrected chi connectivity index (χ3v) is 5.61. The molecule has 5 heteroatoms. The number of benzene rings is 1. The first kappa shape index (κ1) is 14.6. The van der Waals surface area contributed by atoms with E-state index in [4.69, 9.17) is 0 Å². The predicted molar refractivity (Wildman–Crippen MR) is 85.1 cm³/mol. The van der Waals surface area contributed by atoms with Gasteiger partial charge in [-0.1, -0.05) is 19.8 Å². The standard InChI is InChI=1S/C16H19BrN2O2/c1-16-7-3-2-4-11(16)14(16)15(21)19-18-9-10-5-6-13(20)12(17)8-10/h5-6,8-9,11,14,20H,2-4,7H2,1H3,(H,19,21)/b18-9-/t11-,14+,16+/m1/s1. The maximum Gasteiger partial charge on any atom is 0.244 e. The Labute approximate surface area is 132 Å². The van der Waals surface area contributed by atoms with Crippen molar-refractivity contribution in [1.82, 2.24) is 5.43 Å². The molecule has 2 N–H and O–H groups in total. The number of aromatic hydroxyl groups is 1. The molecule has 21 heavy (non-hydrogen) atoms. The number of phenolic OH excluding ortho intramolecular Hbond substituents is 1. The molecule has 3 atom stereocenters. The second kappa shape index (κ2) is 5.44. The van der Waals surface area contributed by atoms with Crippen LogP contribution in [0.3, 0.4) is 0 Å². The highest BCUT2D eigenvalue weighted by Gasteiger charge is 2.64. The Balaban J connectivity index is 1.59. The lowest BCUT2D eigenvalue weighted by molar-refractivity contribution is -0.123. The molecule has 0 unspecified atom stereocenters. The largest absolute Gasteiger partial charge is 0.507 e. The summed E-state index contributed by atoms with van der Waals surface area (Å²) in [5, 5.41) is 13.5. The molecule has 0 heterocycles. The number of fused-ring (bicyclic) bond motifs is 1. The quantitative estimate of drug-likeness (QED) is 0.647. The highest BCUT2D eigenvalue weighted by molar-refractivity contribution is 9.10. The van der Waals surface area contributed by atoms with Crippen molar-refractivity contribution in [2.24, 2.45) is 22.4 Å². The second-order valence-electron chi connectivity index (χ2n) is 6.28. The molecule has 0 aliphatic heterocycles. The lowest BCUT2D eigenvalue weighted by atomic mass is 9.90. The van der Waals surface area contributed by atoms with Gasteiger partial charge in [-0.25, -0.2) is 5.43 Å². The Kier molecular flexibility index (Phi) is 3.78. The highest BCUT2D eigenvalue weighted by Crippen LogP contribution is 2.66. The van der Waals surface area contributed by atoms with Gasteiger partial charge in [0, 0.05) is 5.92 Å². The Morgan fingerprint density at radius 1 is 1.52 bits per heavy atom. The van der Waals surface area contributed by atoms with Crippen LogP contribution in [0.4, 0.5) is 0 Å². The second-order valence-corrected chi connectivity index (χ2v) is 7.14. The first-order chi connectivity index (χ1) is 10.0. The molecule has 2 fully saturated rings. The molecule has 1 aromatic rings. The zero-order valence-corrected chi connectivity index (χ0v) is 13.6. The molecule has 1 aromatic carbocycles. The van der Waals surface area contributed by atoms with Crippen LogP contribution < -0.4 is 5.43 Å². The molecule has 0 aromatic heterocycles. The van der Waals surface area contributed by atoms with Gasteiger partial charge in [0.2, 0.25) is 5.91 Å². The maximum absolute atomic E-state index is 12.2. The first-order valence-corrected chi connectivity index (χ1v) is 8.13. The third-order valence-electron chi connectivity index (χ3n) is 4.97. The highest BCUT2D eigenvalue weighted by atomic mass is 79.9. The van der Waals surface area contributed by atoms with Gasteiger partial charge in [-0.2, -0.15) is 5.10 Å². The lowest BCUT2D eigenvalue weighted by Crippen LogP contribution is -2.22. The molecule has 0 bridgehead atoms. The number of rotatable bonds is 3. The molecule has 1 amide bonds. The molecule has 112 valence electrons. The van der Waals surface area contributed by atoms with E-state index < -0.39 is 0 Å². The van der Waals surface area contributed by atoms with Crippen molar-refractivity contribution in [3.8, 4) is 5.75 Å². The van der Waals surface area contributed by atoms with Crippen molar-refractivity contribution >= 4 is 28.1 Å². The fraction of sp³-hybridized carbons (Fsp3) is 0.500. The number of halogens is 1. The fourth-order valence-electron chi connectivity index (χ4n) is 3.69. The van der Waals surface area contributed by atoms with Crippen molar-refractivity contribution in [2.75, 3.05) is 0 Å².